The first-order valence-electron chi connectivity index (χ1n) is 3.73. The highest BCUT2D eigenvalue weighted by Gasteiger charge is 2.09. The number of carbonyl (C=O) groups excluding carboxylic acids is 2. The van der Waals surface area contributed by atoms with Crippen molar-refractivity contribution >= 4 is 11.9 Å². The van der Waals surface area contributed by atoms with Crippen LogP contribution < -0.4 is 11.1 Å². The lowest BCUT2D eigenvalue weighted by Gasteiger charge is -2.19. The molecule has 0 aliphatic carbocycles. The van der Waals surface area contributed by atoms with Crippen molar-refractivity contribution in [3.63, 3.8) is 0 Å². The van der Waals surface area contributed by atoms with Crippen molar-refractivity contribution in [3.05, 3.63) is 0 Å². The summed E-state index contributed by atoms with van der Waals surface area (Å²) in [7, 11) is 1.80. The Hall–Kier alpha value is -1.10. The van der Waals surface area contributed by atoms with E-state index in [9.17, 15) is 9.59 Å². The molecule has 0 rings (SSSR count). The number of likely N-dealkylation sites (N-methyl/N-ethyl adjacent to an activating group) is 1. The normalized spacial score (nSPS) is 10.4. The van der Waals surface area contributed by atoms with Crippen molar-refractivity contribution in [3.8, 4) is 0 Å². The zero-order valence-corrected chi connectivity index (χ0v) is 7.63. The van der Waals surface area contributed by atoms with Crippen molar-refractivity contribution in [1.82, 2.24) is 10.2 Å². The molecule has 5 heteroatoms. The van der Waals surface area contributed by atoms with E-state index >= 15 is 0 Å². The Morgan fingerprint density at radius 1 is 1.50 bits per heavy atom. The minimum atomic E-state index is -0.808. The van der Waals surface area contributed by atoms with Gasteiger partial charge in [-0.05, 0) is 20.9 Å². The van der Waals surface area contributed by atoms with Crippen molar-refractivity contribution in [2.24, 2.45) is 5.73 Å². The van der Waals surface area contributed by atoms with Crippen molar-refractivity contribution in [1.29, 1.82) is 0 Å². The minimum absolute atomic E-state index is 0.181. The minimum Gasteiger partial charge on any atom is -0.351 e. The van der Waals surface area contributed by atoms with E-state index < -0.39 is 6.03 Å². The first-order chi connectivity index (χ1) is 5.43. The fourth-order valence-electron chi connectivity index (χ4n) is 0.586. The van der Waals surface area contributed by atoms with Crippen LogP contribution in [-0.4, -0.2) is 36.5 Å². The van der Waals surface area contributed by atoms with Crippen LogP contribution in [0.5, 0.6) is 0 Å². The van der Waals surface area contributed by atoms with Gasteiger partial charge in [-0.15, -0.1) is 0 Å². The highest BCUT2D eigenvalue weighted by atomic mass is 16.2. The number of imide groups is 1. The Kier molecular flexibility index (Phi) is 4.28. The predicted octanol–water partition coefficient (Wildman–Crippen LogP) is -0.478. The molecule has 0 fully saturated rings. The van der Waals surface area contributed by atoms with Crippen LogP contribution in [0, 0.1) is 0 Å². The fraction of sp³-hybridized carbons (Fsp3) is 0.714. The number of hydrogen-bond acceptors (Lipinski definition) is 3. The third-order valence-electron chi connectivity index (χ3n) is 1.54. The third-order valence-corrected chi connectivity index (χ3v) is 1.54. The second kappa shape index (κ2) is 4.71. The maximum atomic E-state index is 10.9. The van der Waals surface area contributed by atoms with E-state index in [4.69, 9.17) is 5.73 Å². The van der Waals surface area contributed by atoms with Gasteiger partial charge < -0.3 is 5.73 Å². The molecule has 3 amide bonds. The van der Waals surface area contributed by atoms with Crippen molar-refractivity contribution in [2.45, 2.75) is 19.9 Å². The lowest BCUT2D eigenvalue weighted by atomic mass is 10.3. The lowest BCUT2D eigenvalue weighted by molar-refractivity contribution is -0.121. The van der Waals surface area contributed by atoms with Crippen LogP contribution in [0.3, 0.4) is 0 Å². The van der Waals surface area contributed by atoms with Gasteiger partial charge in [0.15, 0.2) is 0 Å². The summed E-state index contributed by atoms with van der Waals surface area (Å²) in [5.74, 6) is -0.376. The van der Waals surface area contributed by atoms with Gasteiger partial charge in [0.05, 0.1) is 6.54 Å². The quantitative estimate of drug-likeness (QED) is 0.605. The van der Waals surface area contributed by atoms with Gasteiger partial charge in [-0.1, -0.05) is 0 Å². The molecule has 0 spiro atoms. The fourth-order valence-corrected chi connectivity index (χ4v) is 0.586. The predicted molar refractivity (Wildman–Crippen MR) is 45.5 cm³/mol. The van der Waals surface area contributed by atoms with Crippen LogP contribution >= 0.6 is 0 Å². The standard InChI is InChI=1S/C7H15N3O2/c1-5(2)10(3)4-6(11)9-7(8)12/h5H,4H2,1-3H3,(H3,8,9,11,12). The average molecular weight is 173 g/mol. The number of nitrogens with one attached hydrogen (secondary N) is 1. The molecule has 0 aromatic rings. The molecule has 0 unspecified atom stereocenters. The molecular weight excluding hydrogens is 158 g/mol. The van der Waals surface area contributed by atoms with E-state index in [1.54, 1.807) is 11.9 Å². The van der Waals surface area contributed by atoms with Crippen molar-refractivity contribution < 1.29 is 9.59 Å². The number of primary amides is 1. The van der Waals surface area contributed by atoms with Gasteiger partial charge in [-0.2, -0.15) is 0 Å². The second-order valence-electron chi connectivity index (χ2n) is 2.92. The van der Waals surface area contributed by atoms with Crippen LogP contribution in [0.25, 0.3) is 0 Å². The highest BCUT2D eigenvalue weighted by Crippen LogP contribution is 1.91. The van der Waals surface area contributed by atoms with Gasteiger partial charge in [0, 0.05) is 6.04 Å². The SMILES string of the molecule is CC(C)N(C)CC(=O)NC(N)=O. The monoisotopic (exact) mass is 173 g/mol. The second-order valence-corrected chi connectivity index (χ2v) is 2.92. The highest BCUT2D eigenvalue weighted by molar-refractivity contribution is 5.94. The molecule has 0 aliphatic rings. The van der Waals surface area contributed by atoms with Gasteiger partial charge in [0.2, 0.25) is 5.91 Å². The molecule has 0 radical (unpaired) electrons. The summed E-state index contributed by atoms with van der Waals surface area (Å²) >= 11 is 0. The summed E-state index contributed by atoms with van der Waals surface area (Å²) in [6.45, 7) is 4.09. The van der Waals surface area contributed by atoms with E-state index in [-0.39, 0.29) is 18.5 Å². The first kappa shape index (κ1) is 10.9. The Morgan fingerprint density at radius 3 is 2.33 bits per heavy atom. The van der Waals surface area contributed by atoms with Gasteiger partial charge in [-0.3, -0.25) is 15.0 Å². The Labute approximate surface area is 71.9 Å². The number of carbonyl (C=O) groups is 2. The molecule has 0 bridgehead atoms. The van der Waals surface area contributed by atoms with E-state index in [1.807, 2.05) is 19.2 Å². The van der Waals surface area contributed by atoms with Crippen LogP contribution in [0.4, 0.5) is 4.79 Å². The molecule has 5 nitrogen and oxygen atoms in total. The maximum absolute atomic E-state index is 10.9. The summed E-state index contributed by atoms with van der Waals surface area (Å²) in [6.07, 6.45) is 0. The zero-order valence-electron chi connectivity index (χ0n) is 7.63. The smallest absolute Gasteiger partial charge is 0.318 e. The van der Waals surface area contributed by atoms with Crippen LogP contribution in [0.1, 0.15) is 13.8 Å². The van der Waals surface area contributed by atoms with E-state index in [0.717, 1.165) is 0 Å². The molecule has 0 saturated carbocycles. The van der Waals surface area contributed by atoms with Crippen LogP contribution in [0.2, 0.25) is 0 Å². The molecule has 0 atom stereocenters. The molecule has 12 heavy (non-hydrogen) atoms. The Balaban J connectivity index is 3.77. The number of hydrogen-bond donors (Lipinski definition) is 2. The van der Waals surface area contributed by atoms with E-state index in [1.165, 1.54) is 0 Å². The molecular formula is C7H15N3O2. The number of rotatable bonds is 3. The first-order valence-corrected chi connectivity index (χ1v) is 3.73. The van der Waals surface area contributed by atoms with E-state index in [0.29, 0.717) is 0 Å². The van der Waals surface area contributed by atoms with Gasteiger partial charge in [-0.25, -0.2) is 4.79 Å². The number of urea groups is 1. The molecule has 0 heterocycles. The van der Waals surface area contributed by atoms with Crippen LogP contribution in [0.15, 0.2) is 0 Å². The van der Waals surface area contributed by atoms with Gasteiger partial charge in [0.25, 0.3) is 0 Å². The van der Waals surface area contributed by atoms with Gasteiger partial charge >= 0.3 is 6.03 Å². The van der Waals surface area contributed by atoms with Crippen LogP contribution in [-0.2, 0) is 4.79 Å². The van der Waals surface area contributed by atoms with Crippen molar-refractivity contribution in [2.75, 3.05) is 13.6 Å². The third kappa shape index (κ3) is 4.68. The number of amides is 3. The molecule has 3 N–H and O–H groups in total. The summed E-state index contributed by atoms with van der Waals surface area (Å²) in [5, 5.41) is 1.99. The zero-order chi connectivity index (χ0) is 9.72. The molecule has 0 aromatic carbocycles. The number of nitrogens with two attached hydrogens (primary N) is 1. The topological polar surface area (TPSA) is 75.4 Å². The summed E-state index contributed by atoms with van der Waals surface area (Å²) in [6, 6.07) is -0.541. The lowest BCUT2D eigenvalue weighted by Crippen LogP contribution is -2.42. The van der Waals surface area contributed by atoms with E-state index in [2.05, 4.69) is 0 Å². The average Bonchev–Trinajstić information content (AvgIpc) is 1.84. The molecule has 0 aromatic heterocycles. The number of nitrogens with zero attached hydrogens (tertiary/aromatic N) is 1. The molecule has 70 valence electrons. The summed E-state index contributed by atoms with van der Waals surface area (Å²) in [5.41, 5.74) is 4.76. The molecule has 0 aliphatic heterocycles. The Bertz CT molecular complexity index is 179. The van der Waals surface area contributed by atoms with Gasteiger partial charge in [0.1, 0.15) is 0 Å². The Morgan fingerprint density at radius 2 is 2.00 bits per heavy atom. The summed E-state index contributed by atoms with van der Waals surface area (Å²) in [4.78, 5) is 23.0. The largest absolute Gasteiger partial charge is 0.351 e. The maximum Gasteiger partial charge on any atom is 0.318 e. The molecule has 0 saturated heterocycles. The summed E-state index contributed by atoms with van der Waals surface area (Å²) < 4.78 is 0.